The van der Waals surface area contributed by atoms with Crippen LogP contribution in [0.3, 0.4) is 0 Å². The molecule has 0 aromatic carbocycles. The second kappa shape index (κ2) is 4.65. The van der Waals surface area contributed by atoms with E-state index in [2.05, 4.69) is 18.7 Å². The summed E-state index contributed by atoms with van der Waals surface area (Å²) in [5.41, 5.74) is 0. The summed E-state index contributed by atoms with van der Waals surface area (Å²) in [6, 6.07) is 0.763. The fourth-order valence-corrected chi connectivity index (χ4v) is 3.34. The van der Waals surface area contributed by atoms with E-state index in [1.54, 1.807) is 0 Å². The highest BCUT2D eigenvalue weighted by Gasteiger charge is 2.28. The molecule has 1 saturated heterocycles. The van der Waals surface area contributed by atoms with Crippen LogP contribution >= 0.6 is 0 Å². The molecule has 0 aromatic rings. The van der Waals surface area contributed by atoms with Crippen molar-refractivity contribution in [3.63, 3.8) is 0 Å². The molecule has 2 aliphatic rings. The van der Waals surface area contributed by atoms with Gasteiger partial charge in [-0.3, -0.25) is 0 Å². The van der Waals surface area contributed by atoms with Crippen molar-refractivity contribution in [2.45, 2.75) is 58.4 Å². The van der Waals surface area contributed by atoms with Crippen LogP contribution < -0.4 is 0 Å². The van der Waals surface area contributed by atoms with E-state index in [1.165, 1.54) is 51.6 Å². The van der Waals surface area contributed by atoms with E-state index in [9.17, 15) is 0 Å². The van der Waals surface area contributed by atoms with Gasteiger partial charge in [0.05, 0.1) is 0 Å². The van der Waals surface area contributed by atoms with Gasteiger partial charge < -0.3 is 4.90 Å². The van der Waals surface area contributed by atoms with Crippen molar-refractivity contribution in [2.24, 2.45) is 11.8 Å². The smallest absolute Gasteiger partial charge is 0.00385 e. The van der Waals surface area contributed by atoms with Crippen molar-refractivity contribution in [2.75, 3.05) is 13.1 Å². The van der Waals surface area contributed by atoms with Crippen LogP contribution in [-0.2, 0) is 0 Å². The summed E-state index contributed by atoms with van der Waals surface area (Å²) in [4.78, 5) is 2.64. The monoisotopic (exact) mass is 195 g/mol. The van der Waals surface area contributed by atoms with Crippen molar-refractivity contribution in [3.8, 4) is 0 Å². The fourth-order valence-electron chi connectivity index (χ4n) is 3.34. The zero-order chi connectivity index (χ0) is 9.97. The molecule has 1 nitrogen and oxygen atoms in total. The van der Waals surface area contributed by atoms with Crippen molar-refractivity contribution < 1.29 is 0 Å². The molecule has 2 rings (SSSR count). The Labute approximate surface area is 88.9 Å². The molecular formula is C13H25N. The predicted octanol–water partition coefficient (Wildman–Crippen LogP) is 3.30. The van der Waals surface area contributed by atoms with Crippen LogP contribution in [0.2, 0.25) is 0 Å². The minimum atomic E-state index is 0.763. The Morgan fingerprint density at radius 2 is 1.36 bits per heavy atom. The lowest BCUT2D eigenvalue weighted by molar-refractivity contribution is 0.122. The highest BCUT2D eigenvalue weighted by atomic mass is 15.1. The Bertz CT molecular complexity index is 162. The van der Waals surface area contributed by atoms with Crippen molar-refractivity contribution in [1.82, 2.24) is 4.90 Å². The summed E-state index contributed by atoms with van der Waals surface area (Å²) >= 11 is 0. The lowest BCUT2D eigenvalue weighted by atomic mass is 9.83. The summed E-state index contributed by atoms with van der Waals surface area (Å²) in [6.07, 6.45) is 9.04. The Kier molecular flexibility index (Phi) is 3.48. The highest BCUT2D eigenvalue weighted by molar-refractivity contribution is 4.81. The first kappa shape index (κ1) is 10.5. The molecule has 0 bridgehead atoms. The molecule has 0 spiro atoms. The minimum absolute atomic E-state index is 0.763. The van der Waals surface area contributed by atoms with E-state index in [1.807, 2.05) is 0 Å². The average molecular weight is 195 g/mol. The van der Waals surface area contributed by atoms with Gasteiger partial charge in [-0.2, -0.15) is 0 Å². The molecule has 1 saturated carbocycles. The zero-order valence-electron chi connectivity index (χ0n) is 9.84. The third kappa shape index (κ3) is 2.31. The first-order valence-corrected chi connectivity index (χ1v) is 6.51. The molecule has 0 radical (unpaired) electrons. The Morgan fingerprint density at radius 1 is 0.857 bits per heavy atom. The Hall–Kier alpha value is -0.0400. The largest absolute Gasteiger partial charge is 0.301 e. The number of hydrogen-bond donors (Lipinski definition) is 0. The first-order chi connectivity index (χ1) is 6.77. The van der Waals surface area contributed by atoms with Crippen LogP contribution in [0.1, 0.15) is 52.4 Å². The molecule has 2 fully saturated rings. The number of rotatable bonds is 2. The lowest BCUT2D eigenvalue weighted by Gasteiger charge is -2.37. The van der Waals surface area contributed by atoms with Crippen LogP contribution in [0.15, 0.2) is 0 Å². The molecule has 82 valence electrons. The van der Waals surface area contributed by atoms with E-state index in [0.717, 1.165) is 17.9 Å². The number of likely N-dealkylation sites (tertiary alicyclic amines) is 1. The predicted molar refractivity (Wildman–Crippen MR) is 61.4 cm³/mol. The molecule has 1 heteroatoms. The van der Waals surface area contributed by atoms with Gasteiger partial charge in [0.1, 0.15) is 0 Å². The van der Waals surface area contributed by atoms with E-state index in [0.29, 0.717) is 0 Å². The maximum Gasteiger partial charge on any atom is 0.00385 e. The van der Waals surface area contributed by atoms with Crippen LogP contribution in [-0.4, -0.2) is 24.0 Å². The maximum absolute atomic E-state index is 2.64. The minimum Gasteiger partial charge on any atom is -0.301 e. The summed E-state index contributed by atoms with van der Waals surface area (Å²) in [7, 11) is 0. The van der Waals surface area contributed by atoms with Crippen LogP contribution in [0.5, 0.6) is 0 Å². The first-order valence-electron chi connectivity index (χ1n) is 6.51. The quantitative estimate of drug-likeness (QED) is 0.653. The normalized spacial score (nSPS) is 27.6. The average Bonchev–Trinajstić information content (AvgIpc) is 2.71. The van der Waals surface area contributed by atoms with Gasteiger partial charge in [-0.05, 0) is 51.6 Å². The van der Waals surface area contributed by atoms with Gasteiger partial charge in [-0.1, -0.05) is 25.7 Å². The van der Waals surface area contributed by atoms with Crippen LogP contribution in [0, 0.1) is 11.8 Å². The van der Waals surface area contributed by atoms with Crippen LogP contribution in [0.25, 0.3) is 0 Å². The molecule has 1 aliphatic carbocycles. The molecule has 0 unspecified atom stereocenters. The van der Waals surface area contributed by atoms with Gasteiger partial charge in [0.25, 0.3) is 0 Å². The van der Waals surface area contributed by atoms with E-state index in [-0.39, 0.29) is 0 Å². The molecule has 0 aromatic heterocycles. The fraction of sp³-hybridized carbons (Fsp3) is 1.00. The Morgan fingerprint density at radius 3 is 1.86 bits per heavy atom. The number of hydrogen-bond acceptors (Lipinski definition) is 1. The van der Waals surface area contributed by atoms with E-state index in [4.69, 9.17) is 0 Å². The SMILES string of the molecule is CC(C)N1CCC(C2CCCC2)CC1. The second-order valence-corrected chi connectivity index (χ2v) is 5.51. The Balaban J connectivity index is 1.77. The maximum atomic E-state index is 2.64. The third-order valence-corrected chi connectivity index (χ3v) is 4.37. The number of piperidine rings is 1. The summed E-state index contributed by atoms with van der Waals surface area (Å²) in [6.45, 7) is 7.38. The second-order valence-electron chi connectivity index (χ2n) is 5.51. The van der Waals surface area contributed by atoms with Crippen molar-refractivity contribution in [3.05, 3.63) is 0 Å². The third-order valence-electron chi connectivity index (χ3n) is 4.37. The molecule has 0 N–H and O–H groups in total. The standard InChI is InChI=1S/C13H25N/c1-11(2)14-9-7-13(8-10-14)12-5-3-4-6-12/h11-13H,3-10H2,1-2H3. The van der Waals surface area contributed by atoms with Gasteiger partial charge in [-0.15, -0.1) is 0 Å². The van der Waals surface area contributed by atoms with E-state index < -0.39 is 0 Å². The van der Waals surface area contributed by atoms with Gasteiger partial charge >= 0.3 is 0 Å². The summed E-state index contributed by atoms with van der Waals surface area (Å²) in [5.74, 6) is 2.18. The van der Waals surface area contributed by atoms with Crippen molar-refractivity contribution in [1.29, 1.82) is 0 Å². The zero-order valence-corrected chi connectivity index (χ0v) is 9.84. The summed E-state index contributed by atoms with van der Waals surface area (Å²) in [5, 5.41) is 0. The van der Waals surface area contributed by atoms with Gasteiger partial charge in [-0.25, -0.2) is 0 Å². The molecule has 1 heterocycles. The lowest BCUT2D eigenvalue weighted by Crippen LogP contribution is -2.39. The molecule has 0 amide bonds. The molecule has 1 aliphatic heterocycles. The van der Waals surface area contributed by atoms with Crippen LogP contribution in [0.4, 0.5) is 0 Å². The molecule has 14 heavy (non-hydrogen) atoms. The van der Waals surface area contributed by atoms with Gasteiger partial charge in [0, 0.05) is 6.04 Å². The topological polar surface area (TPSA) is 3.24 Å². The highest BCUT2D eigenvalue weighted by Crippen LogP contribution is 2.36. The number of nitrogens with zero attached hydrogens (tertiary/aromatic N) is 1. The van der Waals surface area contributed by atoms with Crippen molar-refractivity contribution >= 4 is 0 Å². The van der Waals surface area contributed by atoms with E-state index >= 15 is 0 Å². The van der Waals surface area contributed by atoms with Gasteiger partial charge in [0.2, 0.25) is 0 Å². The molecular weight excluding hydrogens is 170 g/mol. The molecule has 0 atom stereocenters. The van der Waals surface area contributed by atoms with Gasteiger partial charge in [0.15, 0.2) is 0 Å². The summed E-state index contributed by atoms with van der Waals surface area (Å²) < 4.78 is 0.